The van der Waals surface area contributed by atoms with Crippen molar-refractivity contribution in [3.05, 3.63) is 74.0 Å². The molecule has 0 aromatic heterocycles. The molecule has 1 saturated heterocycles. The molecule has 158 valence electrons. The lowest BCUT2D eigenvalue weighted by Gasteiger charge is -2.07. The van der Waals surface area contributed by atoms with E-state index in [0.717, 1.165) is 18.2 Å². The van der Waals surface area contributed by atoms with E-state index in [4.69, 9.17) is 9.84 Å². The minimum atomic E-state index is -1.34. The van der Waals surface area contributed by atoms with Gasteiger partial charge in [0.15, 0.2) is 0 Å². The number of nitrogens with zero attached hydrogens (tertiary/aromatic N) is 3. The fourth-order valence-corrected chi connectivity index (χ4v) is 2.62. The molecule has 2 N–H and O–H groups in total. The highest BCUT2D eigenvalue weighted by atomic mass is 16.6. The van der Waals surface area contributed by atoms with Crippen molar-refractivity contribution < 1.29 is 34.1 Å². The van der Waals surface area contributed by atoms with Crippen molar-refractivity contribution in [1.29, 1.82) is 0 Å². The average molecular weight is 428 g/mol. The highest BCUT2D eigenvalue weighted by molar-refractivity contribution is 6.15. The topological polar surface area (TPSA) is 182 Å². The monoisotopic (exact) mass is 428 g/mol. The normalized spacial score (nSPS) is 14.5. The van der Waals surface area contributed by atoms with Crippen LogP contribution in [0.4, 0.5) is 16.2 Å². The maximum atomic E-state index is 12.1. The molecule has 13 nitrogen and oxygen atoms in total. The van der Waals surface area contributed by atoms with Gasteiger partial charge in [0.25, 0.3) is 11.6 Å². The summed E-state index contributed by atoms with van der Waals surface area (Å²) >= 11 is 0. The van der Waals surface area contributed by atoms with Crippen LogP contribution in [-0.4, -0.2) is 44.3 Å². The number of amides is 3. The quantitative estimate of drug-likeness (QED) is 0.289. The molecular weight excluding hydrogens is 416 g/mol. The van der Waals surface area contributed by atoms with E-state index in [9.17, 15) is 34.6 Å². The van der Waals surface area contributed by atoms with Crippen LogP contribution in [0, 0.1) is 20.2 Å². The number of non-ortho nitro benzene ring substituents is 1. The molecule has 1 heterocycles. The predicted molar refractivity (Wildman–Crippen MR) is 102 cm³/mol. The van der Waals surface area contributed by atoms with Crippen molar-refractivity contribution in [2.45, 2.75) is 0 Å². The standard InChI is InChI=1S/C18H12N4O9/c23-16(24)9-20-17(25)13(19-18(20)26)7-10-1-4-12(5-2-10)31-15-6-3-11(21(27)28)8-14(15)22(29)30/h1-8H,9H2,(H,19,26)(H,23,24)/b13-7+. The van der Waals surface area contributed by atoms with Gasteiger partial charge in [-0.3, -0.25) is 29.8 Å². The lowest BCUT2D eigenvalue weighted by Crippen LogP contribution is -2.35. The van der Waals surface area contributed by atoms with E-state index in [1.807, 2.05) is 0 Å². The third kappa shape index (κ3) is 4.61. The van der Waals surface area contributed by atoms with E-state index < -0.39 is 45.7 Å². The number of rotatable bonds is 7. The van der Waals surface area contributed by atoms with Gasteiger partial charge in [-0.15, -0.1) is 0 Å². The molecule has 0 aliphatic carbocycles. The third-order valence-electron chi connectivity index (χ3n) is 4.02. The van der Waals surface area contributed by atoms with Gasteiger partial charge in [-0.1, -0.05) is 12.1 Å². The molecule has 0 unspecified atom stereocenters. The number of hydrogen-bond acceptors (Lipinski definition) is 8. The van der Waals surface area contributed by atoms with Gasteiger partial charge in [0.2, 0.25) is 5.75 Å². The molecule has 0 radical (unpaired) electrons. The van der Waals surface area contributed by atoms with Crippen LogP contribution < -0.4 is 10.1 Å². The Kier molecular flexibility index (Phi) is 5.59. The molecule has 3 amide bonds. The molecule has 1 fully saturated rings. The Morgan fingerprint density at radius 3 is 2.35 bits per heavy atom. The highest BCUT2D eigenvalue weighted by Gasteiger charge is 2.34. The Balaban J connectivity index is 1.79. The molecule has 3 rings (SSSR count). The number of imide groups is 1. The SMILES string of the molecule is O=C(O)CN1C(=O)N/C(=C/c2ccc(Oc3ccc([N+](=O)[O-])cc3[N+](=O)[O-])cc2)C1=O. The first-order chi connectivity index (χ1) is 14.7. The van der Waals surface area contributed by atoms with Crippen LogP contribution in [-0.2, 0) is 9.59 Å². The van der Waals surface area contributed by atoms with Crippen LogP contribution in [0.1, 0.15) is 5.56 Å². The number of carbonyl (C=O) groups is 3. The Morgan fingerprint density at radius 2 is 1.77 bits per heavy atom. The zero-order valence-corrected chi connectivity index (χ0v) is 15.4. The molecule has 13 heteroatoms. The summed E-state index contributed by atoms with van der Waals surface area (Å²) in [5.41, 5.74) is -0.711. The van der Waals surface area contributed by atoms with E-state index >= 15 is 0 Å². The van der Waals surface area contributed by atoms with Gasteiger partial charge >= 0.3 is 17.7 Å². The van der Waals surface area contributed by atoms with E-state index in [1.54, 1.807) is 0 Å². The summed E-state index contributed by atoms with van der Waals surface area (Å²) in [5, 5.41) is 33.0. The average Bonchev–Trinajstić information content (AvgIpc) is 2.96. The summed E-state index contributed by atoms with van der Waals surface area (Å²) < 4.78 is 5.43. The molecular formula is C18H12N4O9. The van der Waals surface area contributed by atoms with Crippen molar-refractivity contribution in [2.75, 3.05) is 6.54 Å². The Morgan fingerprint density at radius 1 is 1.10 bits per heavy atom. The lowest BCUT2D eigenvalue weighted by atomic mass is 10.2. The number of aliphatic carboxylic acids is 1. The zero-order valence-electron chi connectivity index (χ0n) is 15.4. The zero-order chi connectivity index (χ0) is 22.7. The number of nitro benzene ring substituents is 2. The Labute approximate surface area is 172 Å². The Hall–Kier alpha value is -4.81. The smallest absolute Gasteiger partial charge is 0.329 e. The predicted octanol–water partition coefficient (Wildman–Crippen LogP) is 2.27. The van der Waals surface area contributed by atoms with Crippen LogP contribution in [0.3, 0.4) is 0 Å². The Bertz CT molecular complexity index is 1140. The van der Waals surface area contributed by atoms with Gasteiger partial charge in [0.1, 0.15) is 18.0 Å². The minimum absolute atomic E-state index is 0.120. The first-order valence-corrected chi connectivity index (χ1v) is 8.43. The van der Waals surface area contributed by atoms with Gasteiger partial charge in [0, 0.05) is 6.07 Å². The van der Waals surface area contributed by atoms with Crippen molar-refractivity contribution in [1.82, 2.24) is 10.2 Å². The van der Waals surface area contributed by atoms with E-state index in [1.165, 1.54) is 30.3 Å². The van der Waals surface area contributed by atoms with E-state index in [0.29, 0.717) is 10.5 Å². The summed E-state index contributed by atoms with van der Waals surface area (Å²) in [6.07, 6.45) is 1.32. The molecule has 31 heavy (non-hydrogen) atoms. The van der Waals surface area contributed by atoms with Gasteiger partial charge in [-0.05, 0) is 29.8 Å². The van der Waals surface area contributed by atoms with Gasteiger partial charge in [0.05, 0.1) is 15.9 Å². The molecule has 2 aromatic carbocycles. The lowest BCUT2D eigenvalue weighted by molar-refractivity contribution is -0.394. The molecule has 0 bridgehead atoms. The van der Waals surface area contributed by atoms with Crippen molar-refractivity contribution in [3.63, 3.8) is 0 Å². The van der Waals surface area contributed by atoms with E-state index in [-0.39, 0.29) is 17.2 Å². The second-order valence-electron chi connectivity index (χ2n) is 6.11. The van der Waals surface area contributed by atoms with Crippen molar-refractivity contribution >= 4 is 35.4 Å². The maximum Gasteiger partial charge on any atom is 0.329 e. The molecule has 1 aliphatic rings. The van der Waals surface area contributed by atoms with Gasteiger partial charge < -0.3 is 15.2 Å². The van der Waals surface area contributed by atoms with Crippen LogP contribution in [0.2, 0.25) is 0 Å². The molecule has 0 atom stereocenters. The number of urea groups is 1. The van der Waals surface area contributed by atoms with Crippen molar-refractivity contribution in [3.8, 4) is 11.5 Å². The summed E-state index contributed by atoms with van der Waals surface area (Å²) in [4.78, 5) is 55.5. The summed E-state index contributed by atoms with van der Waals surface area (Å²) in [6.45, 7) is -0.775. The van der Waals surface area contributed by atoms with Crippen molar-refractivity contribution in [2.24, 2.45) is 0 Å². The third-order valence-corrected chi connectivity index (χ3v) is 4.02. The maximum absolute atomic E-state index is 12.1. The number of hydrogen-bond donors (Lipinski definition) is 2. The summed E-state index contributed by atoms with van der Waals surface area (Å²) in [7, 11) is 0. The number of carbonyl (C=O) groups excluding carboxylic acids is 2. The number of ether oxygens (including phenoxy) is 1. The van der Waals surface area contributed by atoms with Crippen LogP contribution in [0.25, 0.3) is 6.08 Å². The number of benzene rings is 2. The van der Waals surface area contributed by atoms with Gasteiger partial charge in [-0.25, -0.2) is 9.69 Å². The summed E-state index contributed by atoms with van der Waals surface area (Å²) in [6, 6.07) is 7.92. The number of carboxylic acids is 1. The minimum Gasteiger partial charge on any atom is -0.480 e. The van der Waals surface area contributed by atoms with Crippen LogP contribution >= 0.6 is 0 Å². The number of nitrogens with one attached hydrogen (secondary N) is 1. The fraction of sp³-hybridized carbons (Fsp3) is 0.0556. The number of nitro groups is 2. The summed E-state index contributed by atoms with van der Waals surface area (Å²) in [5.74, 6) is -2.17. The first kappa shape index (κ1) is 20.9. The van der Waals surface area contributed by atoms with E-state index in [2.05, 4.69) is 5.32 Å². The second-order valence-corrected chi connectivity index (χ2v) is 6.11. The van der Waals surface area contributed by atoms with Crippen LogP contribution in [0.5, 0.6) is 11.5 Å². The molecule has 0 saturated carbocycles. The first-order valence-electron chi connectivity index (χ1n) is 8.43. The molecule has 1 aliphatic heterocycles. The van der Waals surface area contributed by atoms with Crippen LogP contribution in [0.15, 0.2) is 48.2 Å². The molecule has 2 aromatic rings. The highest BCUT2D eigenvalue weighted by Crippen LogP contribution is 2.34. The largest absolute Gasteiger partial charge is 0.480 e. The second kappa shape index (κ2) is 8.28. The fourth-order valence-electron chi connectivity index (χ4n) is 2.62. The van der Waals surface area contributed by atoms with Gasteiger partial charge in [-0.2, -0.15) is 0 Å². The molecule has 0 spiro atoms. The number of carboxylic acid groups (broad SMARTS) is 1.